The van der Waals surface area contributed by atoms with Crippen LogP contribution >= 0.6 is 31.9 Å². The summed E-state index contributed by atoms with van der Waals surface area (Å²) in [5.74, 6) is 0.746. The number of hydrogen-bond acceptors (Lipinski definition) is 6. The van der Waals surface area contributed by atoms with E-state index in [9.17, 15) is 0 Å². The molecule has 9 heteroatoms. The number of hydrogen-bond donors (Lipinski definition) is 1. The summed E-state index contributed by atoms with van der Waals surface area (Å²) in [6.45, 7) is 1.23. The third kappa shape index (κ3) is 3.04. The lowest BCUT2D eigenvalue weighted by molar-refractivity contribution is 0.431. The van der Waals surface area contributed by atoms with Gasteiger partial charge >= 0.3 is 0 Å². The maximum atomic E-state index is 5.50. The van der Waals surface area contributed by atoms with Crippen molar-refractivity contribution in [1.82, 2.24) is 24.7 Å². The third-order valence-corrected chi connectivity index (χ3v) is 3.72. The molecule has 3 aromatic rings. The maximum absolute atomic E-state index is 5.50. The van der Waals surface area contributed by atoms with Crippen LogP contribution in [0.5, 0.6) is 0 Å². The standard InChI is InChI=1S/C12H10Br2N6O/c13-7-3-8(14)10(16-4-7)11-18-12(21-19-11)9-5-20(2-1-15)6-17-9/h3-6H,1-2,15H2. The van der Waals surface area contributed by atoms with Crippen molar-refractivity contribution in [2.24, 2.45) is 5.73 Å². The van der Waals surface area contributed by atoms with Crippen LogP contribution < -0.4 is 5.73 Å². The number of rotatable bonds is 4. The Labute approximate surface area is 136 Å². The molecule has 3 rings (SSSR count). The van der Waals surface area contributed by atoms with E-state index in [1.165, 1.54) is 0 Å². The Morgan fingerprint density at radius 2 is 2.14 bits per heavy atom. The number of nitrogens with two attached hydrogens (primary N) is 1. The largest absolute Gasteiger partial charge is 0.335 e. The van der Waals surface area contributed by atoms with E-state index < -0.39 is 0 Å². The average molecular weight is 414 g/mol. The van der Waals surface area contributed by atoms with Crippen molar-refractivity contribution in [2.45, 2.75) is 6.54 Å². The zero-order valence-corrected chi connectivity index (χ0v) is 13.9. The molecule has 0 aliphatic heterocycles. The van der Waals surface area contributed by atoms with Crippen molar-refractivity contribution in [3.63, 3.8) is 0 Å². The zero-order chi connectivity index (χ0) is 14.8. The van der Waals surface area contributed by atoms with Gasteiger partial charge in [0.05, 0.1) is 6.33 Å². The lowest BCUT2D eigenvalue weighted by Crippen LogP contribution is -2.07. The Hall–Kier alpha value is -1.58. The molecule has 0 unspecified atom stereocenters. The van der Waals surface area contributed by atoms with Crippen LogP contribution in [-0.2, 0) is 6.54 Å². The van der Waals surface area contributed by atoms with Gasteiger partial charge in [0.1, 0.15) is 11.4 Å². The van der Waals surface area contributed by atoms with Crippen molar-refractivity contribution in [3.05, 3.63) is 33.7 Å². The molecule has 2 N–H and O–H groups in total. The highest BCUT2D eigenvalue weighted by atomic mass is 79.9. The predicted octanol–water partition coefficient (Wildman–Crippen LogP) is 2.48. The molecule has 0 radical (unpaired) electrons. The molecule has 0 saturated carbocycles. The van der Waals surface area contributed by atoms with Crippen LogP contribution in [0.25, 0.3) is 23.1 Å². The van der Waals surface area contributed by atoms with Gasteiger partial charge in [-0.2, -0.15) is 4.98 Å². The van der Waals surface area contributed by atoms with Crippen LogP contribution in [0.4, 0.5) is 0 Å². The third-order valence-electron chi connectivity index (χ3n) is 2.69. The zero-order valence-electron chi connectivity index (χ0n) is 10.7. The van der Waals surface area contributed by atoms with Gasteiger partial charge in [-0.15, -0.1) is 0 Å². The second kappa shape index (κ2) is 6.04. The van der Waals surface area contributed by atoms with Crippen LogP contribution in [0, 0.1) is 0 Å². The maximum Gasteiger partial charge on any atom is 0.278 e. The number of nitrogens with zero attached hydrogens (tertiary/aromatic N) is 5. The van der Waals surface area contributed by atoms with E-state index in [0.717, 1.165) is 8.95 Å². The smallest absolute Gasteiger partial charge is 0.278 e. The van der Waals surface area contributed by atoms with Gasteiger partial charge in [0.2, 0.25) is 5.82 Å². The number of imidazole rings is 1. The number of halogens is 2. The van der Waals surface area contributed by atoms with E-state index in [2.05, 4.69) is 52.0 Å². The summed E-state index contributed by atoms with van der Waals surface area (Å²) >= 11 is 6.77. The molecule has 0 aliphatic carbocycles. The van der Waals surface area contributed by atoms with E-state index >= 15 is 0 Å². The molecule has 0 saturated heterocycles. The van der Waals surface area contributed by atoms with Gasteiger partial charge in [-0.3, -0.25) is 4.98 Å². The lowest BCUT2D eigenvalue weighted by atomic mass is 10.3. The van der Waals surface area contributed by atoms with Crippen molar-refractivity contribution in [2.75, 3.05) is 6.54 Å². The van der Waals surface area contributed by atoms with Crippen molar-refractivity contribution < 1.29 is 4.52 Å². The molecular formula is C12H10Br2N6O. The summed E-state index contributed by atoms with van der Waals surface area (Å²) in [5.41, 5.74) is 6.71. The molecule has 0 fully saturated rings. The lowest BCUT2D eigenvalue weighted by Gasteiger charge is -1.97. The molecule has 0 aromatic carbocycles. The van der Waals surface area contributed by atoms with Crippen LogP contribution in [0.15, 0.2) is 38.3 Å². The second-order valence-electron chi connectivity index (χ2n) is 4.19. The van der Waals surface area contributed by atoms with Gasteiger partial charge in [-0.1, -0.05) is 5.16 Å². The summed E-state index contributed by atoms with van der Waals surface area (Å²) in [6, 6.07) is 1.87. The molecule has 7 nitrogen and oxygen atoms in total. The number of pyridine rings is 1. The highest BCUT2D eigenvalue weighted by Gasteiger charge is 2.16. The van der Waals surface area contributed by atoms with E-state index in [0.29, 0.717) is 36.2 Å². The van der Waals surface area contributed by atoms with E-state index in [4.69, 9.17) is 10.3 Å². The van der Waals surface area contributed by atoms with E-state index in [1.54, 1.807) is 12.5 Å². The highest BCUT2D eigenvalue weighted by Crippen LogP contribution is 2.27. The molecule has 108 valence electrons. The minimum absolute atomic E-state index is 0.345. The van der Waals surface area contributed by atoms with Crippen LogP contribution in [0.3, 0.4) is 0 Å². The number of aromatic nitrogens is 5. The normalized spacial score (nSPS) is 11.0. The second-order valence-corrected chi connectivity index (χ2v) is 5.96. The fourth-order valence-corrected chi connectivity index (χ4v) is 2.91. The molecule has 0 amide bonds. The van der Waals surface area contributed by atoms with Crippen LogP contribution in [0.2, 0.25) is 0 Å². The molecule has 0 bridgehead atoms. The minimum Gasteiger partial charge on any atom is -0.335 e. The Morgan fingerprint density at radius 3 is 2.90 bits per heavy atom. The van der Waals surface area contributed by atoms with Gasteiger partial charge in [-0.25, -0.2) is 4.98 Å². The molecular weight excluding hydrogens is 404 g/mol. The molecule has 3 aromatic heterocycles. The van der Waals surface area contributed by atoms with Crippen molar-refractivity contribution in [3.8, 4) is 23.1 Å². The van der Waals surface area contributed by atoms with Gasteiger partial charge in [0.15, 0.2) is 0 Å². The van der Waals surface area contributed by atoms with Gasteiger partial charge in [0.25, 0.3) is 5.89 Å². The summed E-state index contributed by atoms with van der Waals surface area (Å²) in [4.78, 5) is 12.8. The Bertz CT molecular complexity index is 769. The first-order chi connectivity index (χ1) is 10.2. The summed E-state index contributed by atoms with van der Waals surface area (Å²) < 4.78 is 8.75. The van der Waals surface area contributed by atoms with E-state index in [1.807, 2.05) is 16.8 Å². The summed E-state index contributed by atoms with van der Waals surface area (Å²) in [7, 11) is 0. The highest BCUT2D eigenvalue weighted by molar-refractivity contribution is 9.11. The molecule has 0 atom stereocenters. The first-order valence-corrected chi connectivity index (χ1v) is 7.63. The predicted molar refractivity (Wildman–Crippen MR) is 83.2 cm³/mol. The van der Waals surface area contributed by atoms with E-state index in [-0.39, 0.29) is 0 Å². The van der Waals surface area contributed by atoms with Crippen LogP contribution in [0.1, 0.15) is 0 Å². The topological polar surface area (TPSA) is 95.7 Å². The van der Waals surface area contributed by atoms with Gasteiger partial charge < -0.3 is 14.8 Å². The molecule has 0 aliphatic rings. The van der Waals surface area contributed by atoms with Crippen LogP contribution in [-0.4, -0.2) is 31.2 Å². The van der Waals surface area contributed by atoms with Gasteiger partial charge in [0, 0.05) is 34.4 Å². The van der Waals surface area contributed by atoms with Crippen molar-refractivity contribution in [1.29, 1.82) is 0 Å². The van der Waals surface area contributed by atoms with Crippen molar-refractivity contribution >= 4 is 31.9 Å². The molecule has 21 heavy (non-hydrogen) atoms. The summed E-state index contributed by atoms with van der Waals surface area (Å²) in [6.07, 6.45) is 5.17. The quantitative estimate of drug-likeness (QED) is 0.705. The van der Waals surface area contributed by atoms with Gasteiger partial charge in [-0.05, 0) is 37.9 Å². The Kier molecular flexibility index (Phi) is 4.13. The first kappa shape index (κ1) is 14.4. The Balaban J connectivity index is 1.91. The Morgan fingerprint density at radius 1 is 1.29 bits per heavy atom. The fourth-order valence-electron chi connectivity index (χ4n) is 1.74. The summed E-state index contributed by atoms with van der Waals surface area (Å²) in [5, 5.41) is 3.94. The fraction of sp³-hybridized carbons (Fsp3) is 0.167. The minimum atomic E-state index is 0.345. The monoisotopic (exact) mass is 412 g/mol. The SMILES string of the molecule is NCCn1cnc(-c2nc(-c3ncc(Br)cc3Br)no2)c1. The molecule has 3 heterocycles. The first-order valence-electron chi connectivity index (χ1n) is 6.04. The molecule has 0 spiro atoms. The average Bonchev–Trinajstić information content (AvgIpc) is 3.08.